The standard InChI is InChI=1S/C16H24N6O2S/c1-10-9-25-12(19-10)8-18-14(17-3)22-6-4-11(5-7-22)16(2)13(23)20-15(24)21-16/h9,11H,4-8H2,1-3H3,(H,17,18)(H2,20,21,23,24). The van der Waals surface area contributed by atoms with Crippen molar-refractivity contribution >= 4 is 29.2 Å². The molecule has 1 atom stereocenters. The number of imide groups is 1. The lowest BCUT2D eigenvalue weighted by atomic mass is 9.79. The van der Waals surface area contributed by atoms with Gasteiger partial charge in [-0.15, -0.1) is 11.3 Å². The first-order valence-corrected chi connectivity index (χ1v) is 9.30. The van der Waals surface area contributed by atoms with Gasteiger partial charge in [-0.25, -0.2) is 9.78 Å². The largest absolute Gasteiger partial charge is 0.350 e. The van der Waals surface area contributed by atoms with Gasteiger partial charge in [-0.3, -0.25) is 15.1 Å². The van der Waals surface area contributed by atoms with Crippen LogP contribution in [-0.2, 0) is 11.3 Å². The number of carbonyl (C=O) groups is 2. The summed E-state index contributed by atoms with van der Waals surface area (Å²) in [5, 5.41) is 11.6. The lowest BCUT2D eigenvalue weighted by Crippen LogP contribution is -2.55. The lowest BCUT2D eigenvalue weighted by molar-refractivity contribution is -0.125. The second-order valence-corrected chi connectivity index (χ2v) is 7.60. The first-order chi connectivity index (χ1) is 11.9. The van der Waals surface area contributed by atoms with Crippen LogP contribution in [0.1, 0.15) is 30.5 Å². The van der Waals surface area contributed by atoms with Gasteiger partial charge in [0.25, 0.3) is 5.91 Å². The summed E-state index contributed by atoms with van der Waals surface area (Å²) in [5.74, 6) is 0.740. The number of rotatable bonds is 3. The van der Waals surface area contributed by atoms with Crippen molar-refractivity contribution in [3.8, 4) is 0 Å². The van der Waals surface area contributed by atoms with Crippen LogP contribution in [-0.4, -0.2) is 53.5 Å². The fraction of sp³-hybridized carbons (Fsp3) is 0.625. The van der Waals surface area contributed by atoms with E-state index in [1.54, 1.807) is 18.4 Å². The Morgan fingerprint density at radius 1 is 1.48 bits per heavy atom. The first kappa shape index (κ1) is 17.7. The maximum absolute atomic E-state index is 12.1. The molecular weight excluding hydrogens is 340 g/mol. The van der Waals surface area contributed by atoms with Crippen LogP contribution in [0.25, 0.3) is 0 Å². The molecule has 0 aliphatic carbocycles. The number of aryl methyl sites for hydroxylation is 1. The van der Waals surface area contributed by atoms with Crippen molar-refractivity contribution < 1.29 is 9.59 Å². The maximum Gasteiger partial charge on any atom is 0.322 e. The van der Waals surface area contributed by atoms with E-state index in [0.717, 1.165) is 42.6 Å². The van der Waals surface area contributed by atoms with Crippen molar-refractivity contribution in [3.63, 3.8) is 0 Å². The Labute approximate surface area is 151 Å². The Kier molecular flexibility index (Phi) is 4.94. The Morgan fingerprint density at radius 2 is 2.20 bits per heavy atom. The Morgan fingerprint density at radius 3 is 2.72 bits per heavy atom. The number of guanidine groups is 1. The minimum absolute atomic E-state index is 0.120. The quantitative estimate of drug-likeness (QED) is 0.419. The molecule has 0 spiro atoms. The first-order valence-electron chi connectivity index (χ1n) is 8.42. The van der Waals surface area contributed by atoms with Crippen molar-refractivity contribution in [2.75, 3.05) is 20.1 Å². The number of amides is 3. The summed E-state index contributed by atoms with van der Waals surface area (Å²) in [6, 6.07) is -0.397. The van der Waals surface area contributed by atoms with Crippen LogP contribution in [0.3, 0.4) is 0 Å². The van der Waals surface area contributed by atoms with E-state index in [-0.39, 0.29) is 11.8 Å². The second-order valence-electron chi connectivity index (χ2n) is 6.66. The highest BCUT2D eigenvalue weighted by molar-refractivity contribution is 7.09. The van der Waals surface area contributed by atoms with Crippen molar-refractivity contribution in [3.05, 3.63) is 16.1 Å². The van der Waals surface area contributed by atoms with Crippen molar-refractivity contribution in [2.45, 2.75) is 38.8 Å². The third-order valence-electron chi connectivity index (χ3n) is 4.96. The molecule has 8 nitrogen and oxygen atoms in total. The van der Waals surface area contributed by atoms with Gasteiger partial charge in [0.1, 0.15) is 10.5 Å². The summed E-state index contributed by atoms with van der Waals surface area (Å²) in [6.07, 6.45) is 1.64. The number of carbonyl (C=O) groups excluding carboxylic acids is 2. The smallest absolute Gasteiger partial charge is 0.322 e. The molecule has 1 aromatic heterocycles. The van der Waals surface area contributed by atoms with Gasteiger partial charge in [-0.1, -0.05) is 0 Å². The molecule has 2 aliphatic rings. The average molecular weight is 364 g/mol. The van der Waals surface area contributed by atoms with Crippen LogP contribution in [0.4, 0.5) is 4.79 Å². The predicted octanol–water partition coefficient (Wildman–Crippen LogP) is 0.837. The van der Waals surface area contributed by atoms with E-state index in [1.807, 2.05) is 19.2 Å². The van der Waals surface area contributed by atoms with E-state index in [9.17, 15) is 9.59 Å². The topological polar surface area (TPSA) is 98.7 Å². The Hall–Kier alpha value is -2.16. The van der Waals surface area contributed by atoms with Crippen molar-refractivity contribution in [2.24, 2.45) is 10.9 Å². The third-order valence-corrected chi connectivity index (χ3v) is 5.93. The number of aliphatic imine (C=N–C) groups is 1. The molecule has 3 amide bonds. The van der Waals surface area contributed by atoms with Gasteiger partial charge < -0.3 is 15.5 Å². The van der Waals surface area contributed by atoms with E-state index in [2.05, 4.69) is 30.8 Å². The monoisotopic (exact) mass is 364 g/mol. The number of urea groups is 1. The lowest BCUT2D eigenvalue weighted by Gasteiger charge is -2.39. The van der Waals surface area contributed by atoms with Crippen molar-refractivity contribution in [1.29, 1.82) is 0 Å². The van der Waals surface area contributed by atoms with E-state index in [0.29, 0.717) is 6.54 Å². The third kappa shape index (κ3) is 3.60. The SMILES string of the molecule is CN=C(NCc1nc(C)cs1)N1CCC(C2(C)NC(=O)NC2=O)CC1. The zero-order valence-corrected chi connectivity index (χ0v) is 15.6. The zero-order chi connectivity index (χ0) is 18.0. The molecule has 2 fully saturated rings. The molecule has 3 N–H and O–H groups in total. The summed E-state index contributed by atoms with van der Waals surface area (Å²) in [6.45, 7) is 6.03. The van der Waals surface area contributed by atoms with Gasteiger partial charge in [0, 0.05) is 31.2 Å². The predicted molar refractivity (Wildman–Crippen MR) is 96.4 cm³/mol. The number of nitrogens with one attached hydrogen (secondary N) is 3. The Balaban J connectivity index is 1.55. The molecule has 0 aromatic carbocycles. The second kappa shape index (κ2) is 6.99. The number of piperidine rings is 1. The van der Waals surface area contributed by atoms with Gasteiger partial charge in [-0.2, -0.15) is 0 Å². The highest BCUT2D eigenvalue weighted by atomic mass is 32.1. The summed E-state index contributed by atoms with van der Waals surface area (Å²) in [7, 11) is 1.77. The van der Waals surface area contributed by atoms with E-state index in [1.165, 1.54) is 0 Å². The highest BCUT2D eigenvalue weighted by Crippen LogP contribution is 2.30. The molecule has 0 saturated carbocycles. The van der Waals surface area contributed by atoms with Crippen molar-refractivity contribution in [1.82, 2.24) is 25.8 Å². The number of nitrogens with zero attached hydrogens (tertiary/aromatic N) is 3. The van der Waals surface area contributed by atoms with Gasteiger partial charge in [0.05, 0.1) is 6.54 Å². The fourth-order valence-electron chi connectivity index (χ4n) is 3.48. The molecule has 2 saturated heterocycles. The fourth-order valence-corrected chi connectivity index (χ4v) is 4.20. The molecule has 25 heavy (non-hydrogen) atoms. The number of thiazole rings is 1. The molecule has 3 rings (SSSR count). The van der Waals surface area contributed by atoms with E-state index < -0.39 is 11.6 Å². The van der Waals surface area contributed by atoms with Crippen LogP contribution in [0.15, 0.2) is 10.4 Å². The Bertz CT molecular complexity index is 695. The molecule has 0 radical (unpaired) electrons. The number of likely N-dealkylation sites (tertiary alicyclic amines) is 1. The summed E-state index contributed by atoms with van der Waals surface area (Å²) in [4.78, 5) is 34.6. The molecule has 1 unspecified atom stereocenters. The van der Waals surface area contributed by atoms with Gasteiger partial charge >= 0.3 is 6.03 Å². The summed E-state index contributed by atoms with van der Waals surface area (Å²) in [5.41, 5.74) is 0.223. The van der Waals surface area contributed by atoms with Crippen LogP contribution in [0, 0.1) is 12.8 Å². The molecule has 9 heteroatoms. The molecule has 0 bridgehead atoms. The summed E-state index contributed by atoms with van der Waals surface area (Å²) >= 11 is 1.63. The molecule has 3 heterocycles. The molecule has 1 aromatic rings. The van der Waals surface area contributed by atoms with Gasteiger partial charge in [0.2, 0.25) is 0 Å². The molecule has 2 aliphatic heterocycles. The van der Waals surface area contributed by atoms with Crippen LogP contribution in [0.2, 0.25) is 0 Å². The number of aromatic nitrogens is 1. The molecule has 136 valence electrons. The molecular formula is C16H24N6O2S. The van der Waals surface area contributed by atoms with Crippen LogP contribution in [0.5, 0.6) is 0 Å². The van der Waals surface area contributed by atoms with E-state index in [4.69, 9.17) is 0 Å². The normalized spacial score (nSPS) is 25.1. The zero-order valence-electron chi connectivity index (χ0n) is 14.8. The highest BCUT2D eigenvalue weighted by Gasteiger charge is 2.48. The number of hydrogen-bond donors (Lipinski definition) is 3. The van der Waals surface area contributed by atoms with E-state index >= 15 is 0 Å². The van der Waals surface area contributed by atoms with Gasteiger partial charge in [0.15, 0.2) is 5.96 Å². The van der Waals surface area contributed by atoms with Crippen LogP contribution >= 0.6 is 11.3 Å². The van der Waals surface area contributed by atoms with Crippen LogP contribution < -0.4 is 16.0 Å². The van der Waals surface area contributed by atoms with Gasteiger partial charge in [-0.05, 0) is 32.6 Å². The minimum Gasteiger partial charge on any atom is -0.350 e. The minimum atomic E-state index is -0.807. The number of hydrogen-bond acceptors (Lipinski definition) is 5. The summed E-state index contributed by atoms with van der Waals surface area (Å²) < 4.78 is 0. The maximum atomic E-state index is 12.1. The average Bonchev–Trinajstić information content (AvgIpc) is 3.12.